The maximum atomic E-state index is 6.29. The van der Waals surface area contributed by atoms with E-state index in [1.165, 1.54) is 25.7 Å². The average molecular weight is 352 g/mol. The molecule has 17 heavy (non-hydrogen) atoms. The number of hydrogen-bond donors (Lipinski definition) is 0. The summed E-state index contributed by atoms with van der Waals surface area (Å²) in [4.78, 5) is 0. The van der Waals surface area contributed by atoms with Crippen molar-refractivity contribution in [3.8, 4) is 0 Å². The van der Waals surface area contributed by atoms with Crippen molar-refractivity contribution in [2.24, 2.45) is 11.3 Å². The van der Waals surface area contributed by atoms with Crippen molar-refractivity contribution in [1.82, 2.24) is 0 Å². The van der Waals surface area contributed by atoms with Crippen molar-refractivity contribution >= 4 is 22.6 Å². The van der Waals surface area contributed by atoms with Crippen LogP contribution in [-0.2, 0) is 9.47 Å². The number of halogens is 1. The summed E-state index contributed by atoms with van der Waals surface area (Å²) in [5.41, 5.74) is 0.605. The molecule has 1 aliphatic carbocycles. The Labute approximate surface area is 119 Å². The van der Waals surface area contributed by atoms with E-state index >= 15 is 0 Å². The van der Waals surface area contributed by atoms with E-state index in [0.29, 0.717) is 11.5 Å². The Kier molecular flexibility index (Phi) is 4.41. The van der Waals surface area contributed by atoms with Gasteiger partial charge in [-0.25, -0.2) is 0 Å². The lowest BCUT2D eigenvalue weighted by molar-refractivity contribution is -0.197. The Morgan fingerprint density at radius 1 is 1.24 bits per heavy atom. The van der Waals surface area contributed by atoms with E-state index in [0.717, 1.165) is 23.6 Å². The summed E-state index contributed by atoms with van der Waals surface area (Å²) in [7, 11) is 0. The van der Waals surface area contributed by atoms with Crippen molar-refractivity contribution < 1.29 is 9.47 Å². The fraction of sp³-hybridized carbons (Fsp3) is 1.00. The molecule has 2 nitrogen and oxygen atoms in total. The van der Waals surface area contributed by atoms with Gasteiger partial charge in [-0.2, -0.15) is 0 Å². The number of rotatable bonds is 3. The molecule has 2 fully saturated rings. The molecule has 0 spiro atoms. The Morgan fingerprint density at radius 3 is 2.18 bits per heavy atom. The normalized spacial score (nSPS) is 35.6. The first kappa shape index (κ1) is 14.1. The summed E-state index contributed by atoms with van der Waals surface area (Å²) < 4.78 is 12.6. The van der Waals surface area contributed by atoms with Crippen LogP contribution >= 0.6 is 22.6 Å². The van der Waals surface area contributed by atoms with Gasteiger partial charge in [0.2, 0.25) is 0 Å². The number of alkyl halides is 1. The van der Waals surface area contributed by atoms with Crippen LogP contribution in [0, 0.1) is 11.3 Å². The predicted molar refractivity (Wildman–Crippen MR) is 78.7 cm³/mol. The minimum Gasteiger partial charge on any atom is -0.376 e. The molecular weight excluding hydrogens is 327 g/mol. The van der Waals surface area contributed by atoms with E-state index in [4.69, 9.17) is 9.47 Å². The molecule has 0 unspecified atom stereocenters. The van der Waals surface area contributed by atoms with Gasteiger partial charge in [-0.05, 0) is 37.0 Å². The lowest BCUT2D eigenvalue weighted by Crippen LogP contribution is -2.49. The zero-order valence-electron chi connectivity index (χ0n) is 11.3. The third kappa shape index (κ3) is 3.35. The zero-order chi connectivity index (χ0) is 12.5. The molecule has 0 N–H and O–H groups in total. The molecule has 1 saturated carbocycles. The summed E-state index contributed by atoms with van der Waals surface area (Å²) in [6, 6.07) is 0. The molecule has 0 aromatic carbocycles. The van der Waals surface area contributed by atoms with Crippen LogP contribution in [0.5, 0.6) is 0 Å². The van der Waals surface area contributed by atoms with Crippen molar-refractivity contribution in [3.63, 3.8) is 0 Å². The first-order chi connectivity index (χ1) is 7.95. The summed E-state index contributed by atoms with van der Waals surface area (Å²) >= 11 is 2.50. The largest absolute Gasteiger partial charge is 0.376 e. The van der Waals surface area contributed by atoms with E-state index in [-0.39, 0.29) is 5.60 Å². The maximum Gasteiger partial charge on any atom is 0.105 e. The molecule has 0 aromatic heterocycles. The standard InChI is InChI=1S/C14H25IO2/c1-13(2,3)11-4-6-14(10-15,7-5-11)17-12-8-16-9-12/h11-12H,4-10H2,1-3H3. The highest BCUT2D eigenvalue weighted by Gasteiger charge is 2.41. The second kappa shape index (κ2) is 5.33. The predicted octanol–water partition coefficient (Wildman–Crippen LogP) is 3.81. The lowest BCUT2D eigenvalue weighted by Gasteiger charge is -2.46. The quantitative estimate of drug-likeness (QED) is 0.568. The molecule has 1 saturated heterocycles. The van der Waals surface area contributed by atoms with Crippen LogP contribution in [0.3, 0.4) is 0 Å². The first-order valence-electron chi connectivity index (χ1n) is 6.77. The minimum absolute atomic E-state index is 0.150. The van der Waals surface area contributed by atoms with Gasteiger partial charge in [0.05, 0.1) is 18.8 Å². The van der Waals surface area contributed by atoms with Crippen LogP contribution in [0.1, 0.15) is 46.5 Å². The van der Waals surface area contributed by atoms with E-state index in [9.17, 15) is 0 Å². The van der Waals surface area contributed by atoms with E-state index < -0.39 is 0 Å². The Balaban J connectivity index is 1.89. The Bertz CT molecular complexity index is 247. The molecule has 0 bridgehead atoms. The summed E-state index contributed by atoms with van der Waals surface area (Å²) in [5.74, 6) is 0.861. The molecule has 0 amide bonds. The molecule has 0 aromatic rings. The second-order valence-electron chi connectivity index (χ2n) is 6.73. The molecule has 2 aliphatic rings. The average Bonchev–Trinajstić information content (AvgIpc) is 2.23. The lowest BCUT2D eigenvalue weighted by atomic mass is 9.69. The van der Waals surface area contributed by atoms with E-state index in [1.807, 2.05) is 0 Å². The molecule has 100 valence electrons. The smallest absolute Gasteiger partial charge is 0.105 e. The molecule has 0 atom stereocenters. The van der Waals surface area contributed by atoms with Crippen LogP contribution in [0.15, 0.2) is 0 Å². The maximum absolute atomic E-state index is 6.29. The highest BCUT2D eigenvalue weighted by atomic mass is 127. The number of hydrogen-bond acceptors (Lipinski definition) is 2. The topological polar surface area (TPSA) is 18.5 Å². The van der Waals surface area contributed by atoms with Crippen LogP contribution in [0.25, 0.3) is 0 Å². The van der Waals surface area contributed by atoms with Gasteiger partial charge >= 0.3 is 0 Å². The SMILES string of the molecule is CC(C)(C)C1CCC(CI)(OC2COC2)CC1. The van der Waals surface area contributed by atoms with Crippen molar-refractivity contribution in [2.75, 3.05) is 17.6 Å². The van der Waals surface area contributed by atoms with E-state index in [2.05, 4.69) is 43.4 Å². The van der Waals surface area contributed by atoms with Gasteiger partial charge in [-0.15, -0.1) is 0 Å². The van der Waals surface area contributed by atoms with Crippen molar-refractivity contribution in [2.45, 2.75) is 58.2 Å². The monoisotopic (exact) mass is 352 g/mol. The summed E-state index contributed by atoms with van der Waals surface area (Å²) in [5, 5.41) is 0. The summed E-state index contributed by atoms with van der Waals surface area (Å²) in [6.07, 6.45) is 5.47. The molecule has 3 heteroatoms. The van der Waals surface area contributed by atoms with Crippen LogP contribution in [0.2, 0.25) is 0 Å². The van der Waals surface area contributed by atoms with Gasteiger partial charge < -0.3 is 9.47 Å². The first-order valence-corrected chi connectivity index (χ1v) is 8.29. The zero-order valence-corrected chi connectivity index (χ0v) is 13.5. The van der Waals surface area contributed by atoms with Gasteiger partial charge in [-0.3, -0.25) is 0 Å². The molecule has 0 radical (unpaired) electrons. The van der Waals surface area contributed by atoms with Crippen LogP contribution < -0.4 is 0 Å². The summed E-state index contributed by atoms with van der Waals surface area (Å²) in [6.45, 7) is 8.72. The van der Waals surface area contributed by atoms with Gasteiger partial charge in [-0.1, -0.05) is 43.4 Å². The van der Waals surface area contributed by atoms with Crippen LogP contribution in [-0.4, -0.2) is 29.3 Å². The molecule has 1 heterocycles. The Morgan fingerprint density at radius 2 is 1.82 bits per heavy atom. The van der Waals surface area contributed by atoms with Gasteiger partial charge in [0.1, 0.15) is 6.10 Å². The van der Waals surface area contributed by atoms with Gasteiger partial charge in [0, 0.05) is 4.43 Å². The van der Waals surface area contributed by atoms with Crippen LogP contribution in [0.4, 0.5) is 0 Å². The van der Waals surface area contributed by atoms with Gasteiger partial charge in [0.15, 0.2) is 0 Å². The van der Waals surface area contributed by atoms with Crippen molar-refractivity contribution in [1.29, 1.82) is 0 Å². The number of ether oxygens (including phenoxy) is 2. The Hall–Kier alpha value is 0.650. The highest BCUT2D eigenvalue weighted by Crippen LogP contribution is 2.44. The molecular formula is C14H25IO2. The highest BCUT2D eigenvalue weighted by molar-refractivity contribution is 14.1. The fourth-order valence-electron chi connectivity index (χ4n) is 2.93. The van der Waals surface area contributed by atoms with E-state index in [1.54, 1.807) is 0 Å². The second-order valence-corrected chi connectivity index (χ2v) is 7.50. The van der Waals surface area contributed by atoms with Crippen molar-refractivity contribution in [3.05, 3.63) is 0 Å². The molecule has 1 aliphatic heterocycles. The third-order valence-electron chi connectivity index (χ3n) is 4.39. The fourth-order valence-corrected chi connectivity index (χ4v) is 3.87. The van der Waals surface area contributed by atoms with Gasteiger partial charge in [0.25, 0.3) is 0 Å². The minimum atomic E-state index is 0.150. The third-order valence-corrected chi connectivity index (χ3v) is 5.78. The molecule has 2 rings (SSSR count).